The van der Waals surface area contributed by atoms with Gasteiger partial charge in [-0.25, -0.2) is 0 Å². The van der Waals surface area contributed by atoms with Crippen molar-refractivity contribution < 1.29 is 9.53 Å². The van der Waals surface area contributed by atoms with E-state index in [-0.39, 0.29) is 11.1 Å². The summed E-state index contributed by atoms with van der Waals surface area (Å²) in [5, 5.41) is 0.235. The van der Waals surface area contributed by atoms with Crippen LogP contribution in [0.15, 0.2) is 30.0 Å². The summed E-state index contributed by atoms with van der Waals surface area (Å²) in [6.45, 7) is 12.2. The summed E-state index contributed by atoms with van der Waals surface area (Å²) in [4.78, 5) is 13.6. The predicted octanol–water partition coefficient (Wildman–Crippen LogP) is 3.56. The van der Waals surface area contributed by atoms with Crippen LogP contribution in [0.5, 0.6) is 0 Å². The smallest absolute Gasteiger partial charge is 0.297 e. The van der Waals surface area contributed by atoms with Gasteiger partial charge < -0.3 is 4.74 Å². The summed E-state index contributed by atoms with van der Waals surface area (Å²) >= 11 is 5.07. The van der Waals surface area contributed by atoms with Gasteiger partial charge in [0.2, 0.25) is 0 Å². The number of carbonyl (C=O) groups is 1. The van der Waals surface area contributed by atoms with E-state index in [1.165, 1.54) is 10.6 Å². The first-order chi connectivity index (χ1) is 11.0. The van der Waals surface area contributed by atoms with Gasteiger partial charge in [0, 0.05) is 6.54 Å². The lowest BCUT2D eigenvalue weighted by atomic mass is 10.1. The number of thiocarbonyl (C=S) groups is 1. The highest BCUT2D eigenvalue weighted by molar-refractivity contribution is 7.80. The summed E-state index contributed by atoms with van der Waals surface area (Å²) in [5.41, 5.74) is 2.24. The molecule has 0 unspecified atom stereocenters. The Morgan fingerprint density at radius 2 is 1.65 bits per heavy atom. The van der Waals surface area contributed by atoms with Crippen molar-refractivity contribution in [2.75, 3.05) is 26.2 Å². The van der Waals surface area contributed by atoms with Crippen LogP contribution in [0.25, 0.3) is 6.08 Å². The van der Waals surface area contributed by atoms with Gasteiger partial charge in [-0.1, -0.05) is 0 Å². The molecule has 0 aliphatic carbocycles. The molecule has 1 fully saturated rings. The van der Waals surface area contributed by atoms with Gasteiger partial charge >= 0.3 is 0 Å². The van der Waals surface area contributed by atoms with Gasteiger partial charge in [-0.05, 0) is 75.8 Å². The first-order valence-electron chi connectivity index (χ1n) is 8.23. The fraction of sp³-hybridized carbons (Fsp3) is 0.444. The van der Waals surface area contributed by atoms with Crippen LogP contribution in [0, 0.1) is 0 Å². The molecular formula is C18H25N2O2S+. The number of nitrogens with zero attached hydrogens (tertiary/aromatic N) is 2. The maximum atomic E-state index is 12.2. The van der Waals surface area contributed by atoms with Gasteiger partial charge in [0.05, 0.1) is 19.6 Å². The molecule has 1 heterocycles. The molecule has 1 saturated heterocycles. The van der Waals surface area contributed by atoms with Crippen LogP contribution in [0.2, 0.25) is 0 Å². The third-order valence-corrected chi connectivity index (χ3v) is 5.05. The van der Waals surface area contributed by atoms with E-state index in [1.54, 1.807) is 6.08 Å². The lowest BCUT2D eigenvalue weighted by molar-refractivity contribution is -0.122. The second-order valence-corrected chi connectivity index (χ2v) is 5.96. The van der Waals surface area contributed by atoms with Crippen LogP contribution in [-0.4, -0.2) is 42.2 Å². The molecule has 0 radical (unpaired) electrons. The van der Waals surface area contributed by atoms with Gasteiger partial charge in [0.15, 0.2) is 5.76 Å². The molecule has 0 aromatic heterocycles. The summed E-state index contributed by atoms with van der Waals surface area (Å²) in [6.07, 6.45) is 1.76. The van der Waals surface area contributed by atoms with Crippen molar-refractivity contribution in [2.24, 2.45) is 0 Å². The quantitative estimate of drug-likeness (QED) is 0.453. The molecule has 1 aromatic carbocycles. The molecule has 2 rings (SSSR count). The molecule has 0 N–H and O–H groups in total. The zero-order chi connectivity index (χ0) is 17.0. The van der Waals surface area contributed by atoms with Gasteiger partial charge in [-0.3, -0.25) is 14.2 Å². The highest BCUT2D eigenvalue weighted by atomic mass is 32.1. The van der Waals surface area contributed by atoms with Crippen LogP contribution < -0.4 is 4.48 Å². The highest BCUT2D eigenvalue weighted by Gasteiger charge is 2.32. The highest BCUT2D eigenvalue weighted by Crippen LogP contribution is 2.25. The van der Waals surface area contributed by atoms with Crippen molar-refractivity contribution in [3.05, 3.63) is 35.6 Å². The van der Waals surface area contributed by atoms with Crippen LogP contribution in [0.1, 0.15) is 33.3 Å². The summed E-state index contributed by atoms with van der Waals surface area (Å²) in [7, 11) is 0. The molecule has 0 spiro atoms. The average Bonchev–Trinajstić information content (AvgIpc) is 2.84. The Hall–Kier alpha value is -1.72. The lowest BCUT2D eigenvalue weighted by Crippen LogP contribution is -2.48. The van der Waals surface area contributed by atoms with E-state index in [1.807, 2.05) is 19.1 Å². The maximum absolute atomic E-state index is 12.2. The fourth-order valence-electron chi connectivity index (χ4n) is 3.03. The second kappa shape index (κ2) is 7.23. The van der Waals surface area contributed by atoms with E-state index in [0.29, 0.717) is 12.3 Å². The standard InChI is InChI=1S/C18H25N2O2S/c1-5-19-17(21)16(22-18(19)23)13-14-9-11-15(12-10-14)20(6-2,7-3)8-4/h9-13H,5-8H2,1-4H3/q+1. The zero-order valence-corrected chi connectivity index (χ0v) is 15.2. The third-order valence-electron chi connectivity index (χ3n) is 4.74. The number of hydrogen-bond donors (Lipinski definition) is 0. The molecule has 1 aliphatic rings. The van der Waals surface area contributed by atoms with Gasteiger partial charge in [0.1, 0.15) is 5.69 Å². The molecular weight excluding hydrogens is 308 g/mol. The maximum Gasteiger partial charge on any atom is 0.297 e. The summed E-state index contributed by atoms with van der Waals surface area (Å²) < 4.78 is 6.37. The van der Waals surface area contributed by atoms with E-state index < -0.39 is 0 Å². The number of ether oxygens (including phenoxy) is 1. The van der Waals surface area contributed by atoms with Crippen molar-refractivity contribution in [3.63, 3.8) is 0 Å². The van der Waals surface area contributed by atoms with Crippen molar-refractivity contribution in [2.45, 2.75) is 27.7 Å². The van der Waals surface area contributed by atoms with Crippen LogP contribution in [0.4, 0.5) is 5.69 Å². The number of likely N-dealkylation sites (N-methyl/N-ethyl adjacent to an activating group) is 1. The van der Waals surface area contributed by atoms with Gasteiger partial charge in [-0.2, -0.15) is 0 Å². The Balaban J connectivity index is 2.26. The molecule has 0 atom stereocenters. The van der Waals surface area contributed by atoms with Crippen LogP contribution in [-0.2, 0) is 9.53 Å². The number of hydrogen-bond acceptors (Lipinski definition) is 3. The van der Waals surface area contributed by atoms with Crippen molar-refractivity contribution >= 4 is 35.1 Å². The number of quaternary nitrogens is 1. The number of benzene rings is 1. The second-order valence-electron chi connectivity index (χ2n) is 5.61. The summed E-state index contributed by atoms with van der Waals surface area (Å²) in [5.74, 6) is 0.134. The van der Waals surface area contributed by atoms with Crippen molar-refractivity contribution in [1.82, 2.24) is 9.38 Å². The molecule has 1 aliphatic heterocycles. The van der Waals surface area contributed by atoms with E-state index in [9.17, 15) is 4.79 Å². The van der Waals surface area contributed by atoms with Crippen LogP contribution in [0.3, 0.4) is 0 Å². The topological polar surface area (TPSA) is 29.5 Å². The number of amides is 1. The Bertz CT molecular complexity index is 610. The largest absolute Gasteiger partial charge is 0.426 e. The molecule has 1 aromatic rings. The van der Waals surface area contributed by atoms with Crippen molar-refractivity contribution in [3.8, 4) is 0 Å². The first-order valence-corrected chi connectivity index (χ1v) is 8.64. The average molecular weight is 333 g/mol. The SMILES string of the molecule is CCN1C(=O)C(=Cc2ccc([N+](CC)(CC)CC)cc2)OC1=S. The Kier molecular flexibility index (Phi) is 5.55. The minimum Gasteiger partial charge on any atom is -0.426 e. The number of rotatable bonds is 6. The molecule has 1 amide bonds. The predicted molar refractivity (Wildman–Crippen MR) is 98.9 cm³/mol. The molecule has 5 heteroatoms. The Labute approximate surface area is 143 Å². The first kappa shape index (κ1) is 17.6. The Morgan fingerprint density at radius 1 is 1.09 bits per heavy atom. The zero-order valence-electron chi connectivity index (χ0n) is 14.3. The van der Waals surface area contributed by atoms with E-state index in [2.05, 4.69) is 32.9 Å². The van der Waals surface area contributed by atoms with Gasteiger partial charge in [0.25, 0.3) is 11.1 Å². The van der Waals surface area contributed by atoms with Crippen molar-refractivity contribution in [1.29, 1.82) is 0 Å². The normalized spacial score (nSPS) is 17.0. The molecule has 124 valence electrons. The monoisotopic (exact) mass is 333 g/mol. The van der Waals surface area contributed by atoms with E-state index in [0.717, 1.165) is 29.7 Å². The summed E-state index contributed by atoms with van der Waals surface area (Å²) in [6, 6.07) is 8.34. The minimum absolute atomic E-state index is 0.164. The molecule has 23 heavy (non-hydrogen) atoms. The fourth-order valence-corrected chi connectivity index (χ4v) is 3.33. The Morgan fingerprint density at radius 3 is 2.09 bits per heavy atom. The lowest BCUT2D eigenvalue weighted by Gasteiger charge is -2.35. The van der Waals surface area contributed by atoms with Gasteiger partial charge in [-0.15, -0.1) is 0 Å². The minimum atomic E-state index is -0.164. The third kappa shape index (κ3) is 3.31. The number of carbonyl (C=O) groups excluding carboxylic acids is 1. The molecule has 0 bridgehead atoms. The molecule has 4 nitrogen and oxygen atoms in total. The van der Waals surface area contributed by atoms with Crippen LogP contribution >= 0.6 is 12.2 Å². The molecule has 0 saturated carbocycles. The van der Waals surface area contributed by atoms with E-state index in [4.69, 9.17) is 17.0 Å². The van der Waals surface area contributed by atoms with E-state index >= 15 is 0 Å².